The second kappa shape index (κ2) is 6.67. The van der Waals surface area contributed by atoms with Gasteiger partial charge in [-0.25, -0.2) is 0 Å². The molecule has 0 saturated carbocycles. The molecule has 27 heavy (non-hydrogen) atoms. The highest BCUT2D eigenvalue weighted by molar-refractivity contribution is 6.07. The molecular weight excluding hydrogens is 338 g/mol. The van der Waals surface area contributed by atoms with Gasteiger partial charge in [0.15, 0.2) is 5.78 Å². The molecule has 4 rings (SSSR count). The van der Waals surface area contributed by atoms with Gasteiger partial charge in [0.05, 0.1) is 22.5 Å². The number of ketones is 1. The number of hydrogen-bond donors (Lipinski definition) is 3. The molecule has 5 heteroatoms. The van der Waals surface area contributed by atoms with Crippen LogP contribution in [0.4, 0.5) is 11.4 Å². The Kier molecular flexibility index (Phi) is 4.32. The maximum absolute atomic E-state index is 13.0. The summed E-state index contributed by atoms with van der Waals surface area (Å²) in [6, 6.07) is 13.7. The molecule has 0 radical (unpaired) electrons. The zero-order valence-corrected chi connectivity index (χ0v) is 15.5. The van der Waals surface area contributed by atoms with E-state index < -0.39 is 5.60 Å². The van der Waals surface area contributed by atoms with Crippen molar-refractivity contribution in [3.05, 3.63) is 66.1 Å². The number of para-hydroxylation sites is 1. The Morgan fingerprint density at radius 2 is 1.81 bits per heavy atom. The second-order valence-corrected chi connectivity index (χ2v) is 7.64. The lowest BCUT2D eigenvalue weighted by Crippen LogP contribution is -2.37. The first-order valence-electron chi connectivity index (χ1n) is 9.16. The quantitative estimate of drug-likeness (QED) is 0.646. The van der Waals surface area contributed by atoms with Crippen molar-refractivity contribution in [3.8, 4) is 11.3 Å². The highest BCUT2D eigenvalue weighted by Crippen LogP contribution is 2.41. The molecule has 1 aromatic carbocycles. The minimum atomic E-state index is -0.900. The molecule has 1 atom stereocenters. The van der Waals surface area contributed by atoms with Crippen molar-refractivity contribution in [1.29, 1.82) is 0 Å². The van der Waals surface area contributed by atoms with E-state index in [9.17, 15) is 9.90 Å². The summed E-state index contributed by atoms with van der Waals surface area (Å²) in [5.41, 5.74) is 4.23. The third-order valence-electron chi connectivity index (χ3n) is 5.25. The fourth-order valence-corrected chi connectivity index (χ4v) is 3.68. The van der Waals surface area contributed by atoms with Crippen LogP contribution in [-0.2, 0) is 6.42 Å². The molecule has 0 fully saturated rings. The van der Waals surface area contributed by atoms with Crippen LogP contribution in [0.5, 0.6) is 0 Å². The summed E-state index contributed by atoms with van der Waals surface area (Å²) in [6.45, 7) is 3.54. The number of fused-ring (bicyclic) bond motifs is 1. The van der Waals surface area contributed by atoms with E-state index in [0.29, 0.717) is 18.4 Å². The molecule has 0 unspecified atom stereocenters. The van der Waals surface area contributed by atoms with Gasteiger partial charge in [-0.3, -0.25) is 9.78 Å². The van der Waals surface area contributed by atoms with Crippen LogP contribution < -0.4 is 5.32 Å². The minimum Gasteiger partial charge on any atom is -0.390 e. The zero-order valence-electron chi connectivity index (χ0n) is 15.5. The van der Waals surface area contributed by atoms with E-state index >= 15 is 0 Å². The van der Waals surface area contributed by atoms with Crippen LogP contribution in [-0.4, -0.2) is 26.5 Å². The van der Waals surface area contributed by atoms with E-state index in [0.717, 1.165) is 28.3 Å². The van der Waals surface area contributed by atoms with Gasteiger partial charge in [-0.1, -0.05) is 18.2 Å². The van der Waals surface area contributed by atoms with Crippen molar-refractivity contribution in [1.82, 2.24) is 9.97 Å². The van der Waals surface area contributed by atoms with Crippen molar-refractivity contribution in [2.75, 3.05) is 5.32 Å². The number of aliphatic hydroxyl groups is 1. The van der Waals surface area contributed by atoms with Crippen LogP contribution in [0.1, 0.15) is 36.3 Å². The molecule has 1 aliphatic carbocycles. The molecule has 2 heterocycles. The van der Waals surface area contributed by atoms with Crippen molar-refractivity contribution in [2.24, 2.45) is 5.92 Å². The van der Waals surface area contributed by atoms with Gasteiger partial charge in [-0.05, 0) is 50.5 Å². The van der Waals surface area contributed by atoms with Gasteiger partial charge in [0.2, 0.25) is 0 Å². The number of benzene rings is 1. The smallest absolute Gasteiger partial charge is 0.167 e. The second-order valence-electron chi connectivity index (χ2n) is 7.64. The summed E-state index contributed by atoms with van der Waals surface area (Å²) in [4.78, 5) is 20.6. The molecule has 2 aromatic heterocycles. The fourth-order valence-electron chi connectivity index (χ4n) is 3.68. The molecule has 0 amide bonds. The average Bonchev–Trinajstić information content (AvgIpc) is 3.01. The van der Waals surface area contributed by atoms with Crippen LogP contribution >= 0.6 is 0 Å². The SMILES string of the molecule is CC(C)(O)[C@@H]1CC(=O)c2c([nH]c(-c3ccncc3)c2Nc2ccccc2)C1. The van der Waals surface area contributed by atoms with Gasteiger partial charge in [0.25, 0.3) is 0 Å². The Balaban J connectivity index is 1.84. The van der Waals surface area contributed by atoms with Crippen LogP contribution in [0.25, 0.3) is 11.3 Å². The number of rotatable bonds is 4. The zero-order chi connectivity index (χ0) is 19.0. The van der Waals surface area contributed by atoms with Crippen molar-refractivity contribution in [3.63, 3.8) is 0 Å². The summed E-state index contributed by atoms with van der Waals surface area (Å²) >= 11 is 0. The average molecular weight is 361 g/mol. The molecule has 0 aliphatic heterocycles. The van der Waals surface area contributed by atoms with Gasteiger partial charge < -0.3 is 15.4 Å². The number of aromatic amines is 1. The topological polar surface area (TPSA) is 78.0 Å². The first kappa shape index (κ1) is 17.5. The predicted molar refractivity (Wildman–Crippen MR) is 106 cm³/mol. The molecule has 0 saturated heterocycles. The summed E-state index contributed by atoms with van der Waals surface area (Å²) < 4.78 is 0. The van der Waals surface area contributed by atoms with Crippen LogP contribution in [0, 0.1) is 5.92 Å². The monoisotopic (exact) mass is 361 g/mol. The Morgan fingerprint density at radius 1 is 1.11 bits per heavy atom. The van der Waals surface area contributed by atoms with E-state index in [2.05, 4.69) is 15.3 Å². The number of H-pyrrole nitrogens is 1. The molecule has 5 nitrogen and oxygen atoms in total. The van der Waals surface area contributed by atoms with Crippen LogP contribution in [0.3, 0.4) is 0 Å². The number of carbonyl (C=O) groups is 1. The molecule has 3 aromatic rings. The molecule has 1 aliphatic rings. The van der Waals surface area contributed by atoms with E-state index in [4.69, 9.17) is 0 Å². The maximum Gasteiger partial charge on any atom is 0.167 e. The van der Waals surface area contributed by atoms with Crippen LogP contribution in [0.15, 0.2) is 54.9 Å². The van der Waals surface area contributed by atoms with Crippen molar-refractivity contribution < 1.29 is 9.90 Å². The Morgan fingerprint density at radius 3 is 2.48 bits per heavy atom. The van der Waals surface area contributed by atoms with Crippen molar-refractivity contribution in [2.45, 2.75) is 32.3 Å². The number of carbonyl (C=O) groups excluding carboxylic acids is 1. The lowest BCUT2D eigenvalue weighted by molar-refractivity contribution is 0.0114. The van der Waals surface area contributed by atoms with Gasteiger partial charge in [0, 0.05) is 35.8 Å². The van der Waals surface area contributed by atoms with Crippen molar-refractivity contribution >= 4 is 17.2 Å². The van der Waals surface area contributed by atoms with E-state index in [1.54, 1.807) is 26.2 Å². The first-order valence-corrected chi connectivity index (χ1v) is 9.16. The molecule has 138 valence electrons. The normalized spacial score (nSPS) is 16.9. The van der Waals surface area contributed by atoms with E-state index in [1.165, 1.54) is 0 Å². The minimum absolute atomic E-state index is 0.0540. The molecular formula is C22H23N3O2. The lowest BCUT2D eigenvalue weighted by atomic mass is 9.77. The van der Waals surface area contributed by atoms with E-state index in [1.807, 2.05) is 42.5 Å². The summed E-state index contributed by atoms with van der Waals surface area (Å²) in [5.74, 6) is -0.0515. The Labute approximate surface area is 158 Å². The summed E-state index contributed by atoms with van der Waals surface area (Å²) in [5, 5.41) is 13.9. The molecule has 0 spiro atoms. The molecule has 3 N–H and O–H groups in total. The number of nitrogens with one attached hydrogen (secondary N) is 2. The predicted octanol–water partition coefficient (Wildman–Crippen LogP) is 4.34. The van der Waals surface area contributed by atoms with Gasteiger partial charge in [0.1, 0.15) is 0 Å². The fraction of sp³-hybridized carbons (Fsp3) is 0.273. The number of Topliss-reactive ketones (excluding diaryl/α,β-unsaturated/α-hetero) is 1. The Bertz CT molecular complexity index is 956. The Hall–Kier alpha value is -2.92. The number of nitrogens with zero attached hydrogens (tertiary/aromatic N) is 1. The standard InChI is InChI=1S/C22H23N3O2/c1-22(2,27)15-12-17-19(18(26)13-15)21(24-16-6-4-3-5-7-16)20(25-17)14-8-10-23-11-9-14/h3-11,15,24-25,27H,12-13H2,1-2H3/t15-/m0/s1. The number of anilines is 2. The maximum atomic E-state index is 13.0. The number of aromatic nitrogens is 2. The van der Waals surface area contributed by atoms with Crippen LogP contribution in [0.2, 0.25) is 0 Å². The largest absolute Gasteiger partial charge is 0.390 e. The highest BCUT2D eigenvalue weighted by atomic mass is 16.3. The highest BCUT2D eigenvalue weighted by Gasteiger charge is 2.37. The third kappa shape index (κ3) is 3.38. The van der Waals surface area contributed by atoms with Gasteiger partial charge in [-0.15, -0.1) is 0 Å². The molecule has 0 bridgehead atoms. The summed E-state index contributed by atoms with van der Waals surface area (Å²) in [7, 11) is 0. The number of pyridine rings is 1. The first-order chi connectivity index (χ1) is 12.9. The third-order valence-corrected chi connectivity index (χ3v) is 5.25. The lowest BCUT2D eigenvalue weighted by Gasteiger charge is -2.31. The van der Waals surface area contributed by atoms with E-state index in [-0.39, 0.29) is 11.7 Å². The number of hydrogen-bond acceptors (Lipinski definition) is 4. The summed E-state index contributed by atoms with van der Waals surface area (Å²) in [6.07, 6.45) is 4.46. The van der Waals surface area contributed by atoms with Gasteiger partial charge >= 0.3 is 0 Å². The van der Waals surface area contributed by atoms with Gasteiger partial charge in [-0.2, -0.15) is 0 Å².